The zero-order valence-electron chi connectivity index (χ0n) is 18.8. The van der Waals surface area contributed by atoms with Crippen molar-refractivity contribution in [2.75, 3.05) is 11.9 Å². The number of ether oxygens (including phenoxy) is 1. The molecule has 2 N–H and O–H groups in total. The summed E-state index contributed by atoms with van der Waals surface area (Å²) in [6.07, 6.45) is -1.19. The fourth-order valence-electron chi connectivity index (χ4n) is 3.30. The van der Waals surface area contributed by atoms with Crippen LogP contribution in [0, 0.1) is 34.6 Å². The van der Waals surface area contributed by atoms with E-state index in [1.165, 1.54) is 6.92 Å². The van der Waals surface area contributed by atoms with E-state index in [0.717, 1.165) is 16.7 Å². The molecule has 7 nitrogen and oxygen atoms in total. The number of rotatable bonds is 8. The van der Waals surface area contributed by atoms with Gasteiger partial charge in [0.1, 0.15) is 0 Å². The summed E-state index contributed by atoms with van der Waals surface area (Å²) in [7, 11) is -3.80. The molecule has 2 aromatic rings. The molecule has 0 heterocycles. The van der Waals surface area contributed by atoms with E-state index >= 15 is 0 Å². The standard InChI is InChI=1S/C23H30N2O5S/c1-14-15(2)17(4)22(18(5)16(14)3)31(28,29)24-13-12-21(26)30-19(6)23(27)25-20-10-8-7-9-11-20/h7-11,19,24H,12-13H2,1-6H3,(H,25,27). The SMILES string of the molecule is Cc1c(C)c(C)c(S(=O)(=O)NCCC(=O)OC(C)C(=O)Nc2ccccc2)c(C)c1C. The highest BCUT2D eigenvalue weighted by Gasteiger charge is 2.24. The molecule has 0 aliphatic heterocycles. The van der Waals surface area contributed by atoms with Gasteiger partial charge >= 0.3 is 5.97 Å². The number of carbonyl (C=O) groups excluding carboxylic acids is 2. The normalized spacial score (nSPS) is 12.3. The number of benzene rings is 2. The molecule has 0 aliphatic carbocycles. The molecule has 0 aliphatic rings. The van der Waals surface area contributed by atoms with Gasteiger partial charge in [0.2, 0.25) is 10.0 Å². The Hall–Kier alpha value is -2.71. The number of hydrogen-bond donors (Lipinski definition) is 2. The van der Waals surface area contributed by atoms with Crippen molar-refractivity contribution < 1.29 is 22.7 Å². The van der Waals surface area contributed by atoms with E-state index < -0.39 is 28.0 Å². The van der Waals surface area contributed by atoms with Crippen molar-refractivity contribution in [2.24, 2.45) is 0 Å². The third kappa shape index (κ3) is 5.92. The maximum Gasteiger partial charge on any atom is 0.307 e. The van der Waals surface area contributed by atoms with Crippen molar-refractivity contribution >= 4 is 27.6 Å². The molecule has 168 valence electrons. The molecule has 2 rings (SSSR count). The maximum absolute atomic E-state index is 12.9. The van der Waals surface area contributed by atoms with Gasteiger partial charge in [-0.2, -0.15) is 0 Å². The van der Waals surface area contributed by atoms with Gasteiger partial charge in [-0.1, -0.05) is 18.2 Å². The Labute approximate surface area is 184 Å². The predicted molar refractivity (Wildman–Crippen MR) is 121 cm³/mol. The second-order valence-corrected chi connectivity index (χ2v) is 9.29. The van der Waals surface area contributed by atoms with Crippen LogP contribution in [0.4, 0.5) is 5.69 Å². The van der Waals surface area contributed by atoms with E-state index in [1.807, 2.05) is 26.8 Å². The first-order chi connectivity index (χ1) is 14.5. The molecule has 0 saturated heterocycles. The molecule has 0 fully saturated rings. The number of amides is 1. The van der Waals surface area contributed by atoms with Crippen LogP contribution in [0.3, 0.4) is 0 Å². The fraction of sp³-hybridized carbons (Fsp3) is 0.391. The van der Waals surface area contributed by atoms with Crippen LogP contribution in [0.25, 0.3) is 0 Å². The minimum Gasteiger partial charge on any atom is -0.452 e. The molecule has 8 heteroatoms. The van der Waals surface area contributed by atoms with Gasteiger partial charge in [0, 0.05) is 12.2 Å². The van der Waals surface area contributed by atoms with Gasteiger partial charge in [-0.25, -0.2) is 13.1 Å². The number of nitrogens with one attached hydrogen (secondary N) is 2. The van der Waals surface area contributed by atoms with Gasteiger partial charge in [0.05, 0.1) is 11.3 Å². The lowest BCUT2D eigenvalue weighted by molar-refractivity contribution is -0.152. The first-order valence-electron chi connectivity index (χ1n) is 10.1. The molecule has 31 heavy (non-hydrogen) atoms. The Balaban J connectivity index is 1.95. The Morgan fingerprint density at radius 1 is 0.903 bits per heavy atom. The minimum atomic E-state index is -3.80. The van der Waals surface area contributed by atoms with E-state index in [2.05, 4.69) is 10.0 Å². The summed E-state index contributed by atoms with van der Waals surface area (Å²) in [6, 6.07) is 8.82. The zero-order valence-corrected chi connectivity index (χ0v) is 19.6. The van der Waals surface area contributed by atoms with Gasteiger partial charge in [-0.05, 0) is 81.5 Å². The smallest absolute Gasteiger partial charge is 0.307 e. The average molecular weight is 447 g/mol. The molecule has 0 radical (unpaired) electrons. The van der Waals surface area contributed by atoms with Crippen LogP contribution in [-0.2, 0) is 24.3 Å². The highest BCUT2D eigenvalue weighted by Crippen LogP contribution is 2.29. The number of anilines is 1. The molecule has 1 unspecified atom stereocenters. The molecule has 0 spiro atoms. The van der Waals surface area contributed by atoms with Crippen LogP contribution in [0.1, 0.15) is 41.2 Å². The van der Waals surface area contributed by atoms with E-state index in [9.17, 15) is 18.0 Å². The lowest BCUT2D eigenvalue weighted by atomic mass is 9.95. The number of carbonyl (C=O) groups is 2. The quantitative estimate of drug-likeness (QED) is 0.605. The lowest BCUT2D eigenvalue weighted by Crippen LogP contribution is -2.32. The molecule has 2 aromatic carbocycles. The van der Waals surface area contributed by atoms with Crippen LogP contribution in [0.2, 0.25) is 0 Å². The number of para-hydroxylation sites is 1. The monoisotopic (exact) mass is 446 g/mol. The van der Waals surface area contributed by atoms with Gasteiger partial charge < -0.3 is 10.1 Å². The summed E-state index contributed by atoms with van der Waals surface area (Å²) in [5.41, 5.74) is 4.92. The Kier molecular flexibility index (Phi) is 7.97. The molecular weight excluding hydrogens is 416 g/mol. The Morgan fingerprint density at radius 3 is 1.97 bits per heavy atom. The molecule has 1 atom stereocenters. The fourth-order valence-corrected chi connectivity index (χ4v) is 4.93. The molecule has 0 bridgehead atoms. The Morgan fingerprint density at radius 2 is 1.42 bits per heavy atom. The van der Waals surface area contributed by atoms with Crippen molar-refractivity contribution in [1.82, 2.24) is 4.72 Å². The maximum atomic E-state index is 12.9. The van der Waals surface area contributed by atoms with E-state index in [-0.39, 0.29) is 17.9 Å². The van der Waals surface area contributed by atoms with Crippen LogP contribution < -0.4 is 10.0 Å². The van der Waals surface area contributed by atoms with Gasteiger partial charge in [-0.3, -0.25) is 9.59 Å². The molecule has 0 aromatic heterocycles. The summed E-state index contributed by atoms with van der Waals surface area (Å²) >= 11 is 0. The third-order valence-electron chi connectivity index (χ3n) is 5.54. The van der Waals surface area contributed by atoms with Crippen molar-refractivity contribution in [2.45, 2.75) is 59.0 Å². The Bertz CT molecular complexity index is 1050. The highest BCUT2D eigenvalue weighted by molar-refractivity contribution is 7.89. The van der Waals surface area contributed by atoms with Crippen molar-refractivity contribution in [1.29, 1.82) is 0 Å². The minimum absolute atomic E-state index is 0.126. The first kappa shape index (κ1) is 24.6. The predicted octanol–water partition coefficient (Wildman–Crippen LogP) is 3.47. The molecule has 0 saturated carbocycles. The van der Waals surface area contributed by atoms with Crippen LogP contribution >= 0.6 is 0 Å². The summed E-state index contributed by atoms with van der Waals surface area (Å²) in [6.45, 7) is 10.7. The average Bonchev–Trinajstić information content (AvgIpc) is 2.71. The van der Waals surface area contributed by atoms with Crippen molar-refractivity contribution in [3.63, 3.8) is 0 Å². The van der Waals surface area contributed by atoms with Gasteiger partial charge in [0.25, 0.3) is 5.91 Å². The summed E-state index contributed by atoms with van der Waals surface area (Å²) in [4.78, 5) is 24.5. The second kappa shape index (κ2) is 10.1. The largest absolute Gasteiger partial charge is 0.452 e. The summed E-state index contributed by atoms with van der Waals surface area (Å²) in [5.74, 6) is -1.12. The number of hydrogen-bond acceptors (Lipinski definition) is 5. The van der Waals surface area contributed by atoms with Crippen LogP contribution in [0.15, 0.2) is 35.2 Å². The van der Waals surface area contributed by atoms with Gasteiger partial charge in [0.15, 0.2) is 6.10 Å². The third-order valence-corrected chi connectivity index (χ3v) is 7.27. The topological polar surface area (TPSA) is 102 Å². The van der Waals surface area contributed by atoms with E-state index in [1.54, 1.807) is 38.1 Å². The highest BCUT2D eigenvalue weighted by atomic mass is 32.2. The number of esters is 1. The molecular formula is C23H30N2O5S. The van der Waals surface area contributed by atoms with Crippen molar-refractivity contribution in [3.05, 3.63) is 58.1 Å². The van der Waals surface area contributed by atoms with Gasteiger partial charge in [-0.15, -0.1) is 0 Å². The summed E-state index contributed by atoms with van der Waals surface area (Å²) in [5, 5.41) is 2.65. The van der Waals surface area contributed by atoms with Crippen LogP contribution in [-0.4, -0.2) is 32.9 Å². The van der Waals surface area contributed by atoms with Crippen LogP contribution in [0.5, 0.6) is 0 Å². The van der Waals surface area contributed by atoms with E-state index in [0.29, 0.717) is 16.8 Å². The summed E-state index contributed by atoms with van der Waals surface area (Å²) < 4.78 is 33.4. The zero-order chi connectivity index (χ0) is 23.3. The number of sulfonamides is 1. The first-order valence-corrected chi connectivity index (χ1v) is 11.6. The van der Waals surface area contributed by atoms with Crippen molar-refractivity contribution in [3.8, 4) is 0 Å². The molecule has 1 amide bonds. The lowest BCUT2D eigenvalue weighted by Gasteiger charge is -2.19. The second-order valence-electron chi connectivity index (χ2n) is 7.59. The van der Waals surface area contributed by atoms with E-state index in [4.69, 9.17) is 4.74 Å².